The first-order valence-electron chi connectivity index (χ1n) is 5.37. The zero-order valence-corrected chi connectivity index (χ0v) is 11.3. The molecule has 0 aliphatic carbocycles. The first kappa shape index (κ1) is 14.4. The highest BCUT2D eigenvalue weighted by atomic mass is 35.5. The molecule has 4 nitrogen and oxygen atoms in total. The smallest absolute Gasteiger partial charge is 0.289 e. The average Bonchev–Trinajstić information content (AvgIpc) is 2.62. The number of amides is 1. The van der Waals surface area contributed by atoms with Crippen LogP contribution >= 0.6 is 24.0 Å². The maximum atomic E-state index is 12.0. The van der Waals surface area contributed by atoms with Crippen molar-refractivity contribution in [1.82, 2.24) is 10.2 Å². The summed E-state index contributed by atoms with van der Waals surface area (Å²) in [4.78, 5) is 13.8. The topological polar surface area (TPSA) is 45.5 Å². The molecule has 1 aromatic rings. The summed E-state index contributed by atoms with van der Waals surface area (Å²) >= 11 is 5.65. The standard InChI is InChI=1S/C11H15ClN2O2.ClH/c1-7-5-14(6-8(2)13-7)11(15)9-3-4-10(12)16-9;/h3-4,7-8,13H,5-6H2,1-2H3;1H. The number of hydrogen-bond donors (Lipinski definition) is 1. The van der Waals surface area contributed by atoms with Gasteiger partial charge in [-0.3, -0.25) is 4.79 Å². The Balaban J connectivity index is 0.00000144. The number of nitrogens with zero attached hydrogens (tertiary/aromatic N) is 1. The largest absolute Gasteiger partial charge is 0.440 e. The Hall–Kier alpha value is -0.710. The Kier molecular flexibility index (Phi) is 4.86. The maximum absolute atomic E-state index is 12.0. The van der Waals surface area contributed by atoms with Crippen LogP contribution in [0.5, 0.6) is 0 Å². The zero-order chi connectivity index (χ0) is 11.7. The van der Waals surface area contributed by atoms with Crippen molar-refractivity contribution in [2.75, 3.05) is 13.1 Å². The minimum Gasteiger partial charge on any atom is -0.440 e. The minimum absolute atomic E-state index is 0. The lowest BCUT2D eigenvalue weighted by Crippen LogP contribution is -2.55. The van der Waals surface area contributed by atoms with Gasteiger partial charge < -0.3 is 14.6 Å². The molecular weight excluding hydrogens is 263 g/mol. The third-order valence-electron chi connectivity index (χ3n) is 2.63. The van der Waals surface area contributed by atoms with Crippen LogP contribution in [-0.2, 0) is 0 Å². The number of rotatable bonds is 1. The van der Waals surface area contributed by atoms with Gasteiger partial charge in [-0.2, -0.15) is 0 Å². The van der Waals surface area contributed by atoms with Crippen LogP contribution in [0.2, 0.25) is 5.22 Å². The monoisotopic (exact) mass is 278 g/mol. The van der Waals surface area contributed by atoms with Gasteiger partial charge in [-0.15, -0.1) is 12.4 Å². The molecule has 0 spiro atoms. The van der Waals surface area contributed by atoms with Gasteiger partial charge in [0.25, 0.3) is 5.91 Å². The van der Waals surface area contributed by atoms with Gasteiger partial charge in [0.1, 0.15) is 0 Å². The fraction of sp³-hybridized carbons (Fsp3) is 0.545. The van der Waals surface area contributed by atoms with Crippen molar-refractivity contribution in [3.05, 3.63) is 23.1 Å². The molecule has 1 aliphatic heterocycles. The van der Waals surface area contributed by atoms with Gasteiger partial charge in [0.2, 0.25) is 0 Å². The molecule has 1 saturated heterocycles. The fourth-order valence-electron chi connectivity index (χ4n) is 2.08. The van der Waals surface area contributed by atoms with Crippen LogP contribution < -0.4 is 5.32 Å². The van der Waals surface area contributed by atoms with Crippen molar-refractivity contribution in [3.63, 3.8) is 0 Å². The van der Waals surface area contributed by atoms with E-state index in [-0.39, 0.29) is 23.5 Å². The highest BCUT2D eigenvalue weighted by Crippen LogP contribution is 2.16. The number of nitrogens with one attached hydrogen (secondary N) is 1. The lowest BCUT2D eigenvalue weighted by Gasteiger charge is -2.35. The highest BCUT2D eigenvalue weighted by molar-refractivity contribution is 6.29. The van der Waals surface area contributed by atoms with Crippen LogP contribution in [0.4, 0.5) is 0 Å². The summed E-state index contributed by atoms with van der Waals surface area (Å²) in [6, 6.07) is 3.81. The van der Waals surface area contributed by atoms with Crippen LogP contribution in [0, 0.1) is 0 Å². The average molecular weight is 279 g/mol. The molecule has 2 rings (SSSR count). The third-order valence-corrected chi connectivity index (χ3v) is 2.83. The Labute approximate surface area is 112 Å². The van der Waals surface area contributed by atoms with Gasteiger partial charge in [-0.1, -0.05) is 0 Å². The number of carbonyl (C=O) groups is 1. The molecule has 2 heterocycles. The van der Waals surface area contributed by atoms with Crippen molar-refractivity contribution in [3.8, 4) is 0 Å². The number of hydrogen-bond acceptors (Lipinski definition) is 3. The van der Waals surface area contributed by atoms with Crippen molar-refractivity contribution < 1.29 is 9.21 Å². The van der Waals surface area contributed by atoms with E-state index >= 15 is 0 Å². The Morgan fingerprint density at radius 2 is 2.00 bits per heavy atom. The lowest BCUT2D eigenvalue weighted by molar-refractivity contribution is 0.0642. The Morgan fingerprint density at radius 3 is 2.47 bits per heavy atom. The van der Waals surface area contributed by atoms with Gasteiger partial charge in [0.05, 0.1) is 0 Å². The number of halogens is 2. The molecular formula is C11H16Cl2N2O2. The second kappa shape index (κ2) is 5.76. The van der Waals surface area contributed by atoms with E-state index < -0.39 is 0 Å². The maximum Gasteiger partial charge on any atom is 0.289 e. The van der Waals surface area contributed by atoms with Gasteiger partial charge in [0, 0.05) is 25.2 Å². The van der Waals surface area contributed by atoms with E-state index in [9.17, 15) is 4.79 Å². The molecule has 0 radical (unpaired) electrons. The van der Waals surface area contributed by atoms with E-state index in [1.165, 1.54) is 0 Å². The van der Waals surface area contributed by atoms with Crippen LogP contribution in [0.15, 0.2) is 16.5 Å². The van der Waals surface area contributed by atoms with E-state index in [0.717, 1.165) is 0 Å². The molecule has 0 saturated carbocycles. The van der Waals surface area contributed by atoms with Crippen LogP contribution in [0.25, 0.3) is 0 Å². The summed E-state index contributed by atoms with van der Waals surface area (Å²) in [6.07, 6.45) is 0. The Morgan fingerprint density at radius 1 is 1.41 bits per heavy atom. The predicted molar refractivity (Wildman–Crippen MR) is 68.9 cm³/mol. The number of piperazine rings is 1. The van der Waals surface area contributed by atoms with Crippen molar-refractivity contribution in [2.45, 2.75) is 25.9 Å². The number of furan rings is 1. The molecule has 96 valence electrons. The van der Waals surface area contributed by atoms with Crippen LogP contribution in [0.3, 0.4) is 0 Å². The predicted octanol–water partition coefficient (Wildman–Crippen LogP) is 2.18. The van der Waals surface area contributed by atoms with E-state index in [1.807, 2.05) is 0 Å². The molecule has 1 aromatic heterocycles. The fourth-order valence-corrected chi connectivity index (χ4v) is 2.22. The van der Waals surface area contributed by atoms with E-state index in [0.29, 0.717) is 30.9 Å². The van der Waals surface area contributed by atoms with Crippen LogP contribution in [0.1, 0.15) is 24.4 Å². The zero-order valence-electron chi connectivity index (χ0n) is 9.77. The summed E-state index contributed by atoms with van der Waals surface area (Å²) in [5.74, 6) is 0.221. The third kappa shape index (κ3) is 3.37. The quantitative estimate of drug-likeness (QED) is 0.857. The lowest BCUT2D eigenvalue weighted by atomic mass is 10.1. The second-order valence-electron chi connectivity index (χ2n) is 4.28. The normalized spacial score (nSPS) is 24.3. The first-order valence-corrected chi connectivity index (χ1v) is 5.74. The number of carbonyl (C=O) groups excluding carboxylic acids is 1. The van der Waals surface area contributed by atoms with Crippen molar-refractivity contribution in [2.24, 2.45) is 0 Å². The molecule has 1 aliphatic rings. The molecule has 17 heavy (non-hydrogen) atoms. The molecule has 0 aromatic carbocycles. The summed E-state index contributed by atoms with van der Waals surface area (Å²) in [5, 5.41) is 3.62. The molecule has 1 N–H and O–H groups in total. The Bertz CT molecular complexity index is 385. The van der Waals surface area contributed by atoms with Gasteiger partial charge in [-0.05, 0) is 37.6 Å². The SMILES string of the molecule is CC1CN(C(=O)c2ccc(Cl)o2)CC(C)N1.Cl. The second-order valence-corrected chi connectivity index (χ2v) is 4.66. The summed E-state index contributed by atoms with van der Waals surface area (Å²) in [5.41, 5.74) is 0. The van der Waals surface area contributed by atoms with E-state index in [2.05, 4.69) is 19.2 Å². The van der Waals surface area contributed by atoms with Gasteiger partial charge in [0.15, 0.2) is 11.0 Å². The van der Waals surface area contributed by atoms with Crippen LogP contribution in [-0.4, -0.2) is 36.0 Å². The molecule has 6 heteroatoms. The first-order chi connectivity index (χ1) is 7.56. The summed E-state index contributed by atoms with van der Waals surface area (Å²) in [6.45, 7) is 5.51. The van der Waals surface area contributed by atoms with Crippen molar-refractivity contribution in [1.29, 1.82) is 0 Å². The molecule has 2 atom stereocenters. The van der Waals surface area contributed by atoms with E-state index in [4.69, 9.17) is 16.0 Å². The molecule has 0 bridgehead atoms. The minimum atomic E-state index is -0.0906. The van der Waals surface area contributed by atoms with E-state index in [1.54, 1.807) is 17.0 Å². The summed E-state index contributed by atoms with van der Waals surface area (Å²) < 4.78 is 5.12. The highest BCUT2D eigenvalue weighted by Gasteiger charge is 2.27. The summed E-state index contributed by atoms with van der Waals surface area (Å²) in [7, 11) is 0. The molecule has 2 unspecified atom stereocenters. The molecule has 1 amide bonds. The molecule has 1 fully saturated rings. The van der Waals surface area contributed by atoms with Crippen molar-refractivity contribution >= 4 is 29.9 Å². The van der Waals surface area contributed by atoms with Gasteiger partial charge >= 0.3 is 0 Å². The van der Waals surface area contributed by atoms with Gasteiger partial charge in [-0.25, -0.2) is 0 Å².